The number of hydroxylamine groups is 1. The lowest BCUT2D eigenvalue weighted by Gasteiger charge is -2.20. The fourth-order valence-corrected chi connectivity index (χ4v) is 2.10. The smallest absolute Gasteiger partial charge is 0.350 e. The molecule has 1 aromatic rings. The van der Waals surface area contributed by atoms with Crippen LogP contribution in [-0.4, -0.2) is 28.9 Å². The molecule has 1 heterocycles. The number of nitro groups is 1. The van der Waals surface area contributed by atoms with E-state index in [2.05, 4.69) is 5.48 Å². The van der Waals surface area contributed by atoms with Crippen LogP contribution in [0.4, 0.5) is 10.5 Å². The average molecular weight is 279 g/mol. The van der Waals surface area contributed by atoms with E-state index in [1.54, 1.807) is 11.0 Å². The molecule has 0 spiro atoms. The molecule has 1 fully saturated rings. The van der Waals surface area contributed by atoms with Crippen molar-refractivity contribution in [1.29, 1.82) is 0 Å². The third-order valence-electron chi connectivity index (χ3n) is 3.18. The molecule has 2 rings (SSSR count). The maximum Gasteiger partial charge on any atom is 0.350 e. The average Bonchev–Trinajstić information content (AvgIpc) is 2.74. The Hall–Kier alpha value is -2.31. The summed E-state index contributed by atoms with van der Waals surface area (Å²) >= 11 is 0. The van der Waals surface area contributed by atoms with Crippen LogP contribution in [0, 0.1) is 10.1 Å². The fourth-order valence-electron chi connectivity index (χ4n) is 2.10. The van der Waals surface area contributed by atoms with Gasteiger partial charge in [-0.05, 0) is 18.9 Å². The number of hydrogen-bond donors (Lipinski definition) is 1. The van der Waals surface area contributed by atoms with E-state index in [9.17, 15) is 14.9 Å². The lowest BCUT2D eigenvalue weighted by atomic mass is 10.2. The van der Waals surface area contributed by atoms with E-state index in [1.165, 1.54) is 18.2 Å². The summed E-state index contributed by atoms with van der Waals surface area (Å²) in [7, 11) is 0. The number of benzene rings is 1. The summed E-state index contributed by atoms with van der Waals surface area (Å²) < 4.78 is 0. The predicted molar refractivity (Wildman–Crippen MR) is 72.3 cm³/mol. The number of hydrogen-bond acceptors (Lipinski definition) is 4. The second-order valence-corrected chi connectivity index (χ2v) is 4.67. The molecule has 0 saturated carbocycles. The molecular weight excluding hydrogens is 262 g/mol. The standard InChI is InChI=1S/C13H17N3O4/c17-13(15-8-3-1-2-4-9-15)14-20-12-7-5-6-11(10-12)16(18)19/h5-7,10H,1-4,8-9H2,(H,14,17). The molecule has 0 bridgehead atoms. The van der Waals surface area contributed by atoms with Crippen molar-refractivity contribution in [3.05, 3.63) is 34.4 Å². The third-order valence-corrected chi connectivity index (χ3v) is 3.18. The third kappa shape index (κ3) is 3.84. The summed E-state index contributed by atoms with van der Waals surface area (Å²) in [6.45, 7) is 1.42. The van der Waals surface area contributed by atoms with Crippen molar-refractivity contribution in [2.45, 2.75) is 25.7 Å². The minimum atomic E-state index is -0.510. The molecule has 2 amide bonds. The number of rotatable bonds is 3. The molecule has 0 aromatic heterocycles. The van der Waals surface area contributed by atoms with Gasteiger partial charge in [-0.3, -0.25) is 10.1 Å². The Morgan fingerprint density at radius 2 is 1.95 bits per heavy atom. The van der Waals surface area contributed by atoms with Crippen molar-refractivity contribution in [1.82, 2.24) is 10.4 Å². The first-order valence-electron chi connectivity index (χ1n) is 6.63. The van der Waals surface area contributed by atoms with Gasteiger partial charge in [-0.15, -0.1) is 0 Å². The van der Waals surface area contributed by atoms with Gasteiger partial charge in [0, 0.05) is 19.2 Å². The summed E-state index contributed by atoms with van der Waals surface area (Å²) in [5.41, 5.74) is 2.25. The molecule has 20 heavy (non-hydrogen) atoms. The number of nitrogens with zero attached hydrogens (tertiary/aromatic N) is 2. The van der Waals surface area contributed by atoms with Crippen molar-refractivity contribution in [3.63, 3.8) is 0 Å². The van der Waals surface area contributed by atoms with Gasteiger partial charge in [0.05, 0.1) is 11.0 Å². The van der Waals surface area contributed by atoms with E-state index in [0.717, 1.165) is 25.7 Å². The molecule has 1 aliphatic rings. The minimum absolute atomic E-state index is 0.0773. The second kappa shape index (κ2) is 6.74. The SMILES string of the molecule is O=C(NOc1cccc([N+](=O)[O-])c1)N1CCCCCC1. The number of carbonyl (C=O) groups excluding carboxylic acids is 1. The summed E-state index contributed by atoms with van der Waals surface area (Å²) in [6, 6.07) is 5.38. The van der Waals surface area contributed by atoms with E-state index in [4.69, 9.17) is 4.84 Å². The molecule has 0 aliphatic carbocycles. The van der Waals surface area contributed by atoms with E-state index in [1.807, 2.05) is 0 Å². The Morgan fingerprint density at radius 1 is 1.25 bits per heavy atom. The Bertz CT molecular complexity index is 484. The van der Waals surface area contributed by atoms with Gasteiger partial charge in [0.1, 0.15) is 0 Å². The Labute approximate surface area is 116 Å². The molecule has 1 aromatic carbocycles. The zero-order chi connectivity index (χ0) is 14.4. The molecule has 1 aliphatic heterocycles. The number of nitrogens with one attached hydrogen (secondary N) is 1. The predicted octanol–water partition coefficient (Wildman–Crippen LogP) is 2.47. The minimum Gasteiger partial charge on any atom is -0.378 e. The molecule has 7 nitrogen and oxygen atoms in total. The lowest BCUT2D eigenvalue weighted by molar-refractivity contribution is -0.385. The summed E-state index contributed by atoms with van der Waals surface area (Å²) in [6.07, 6.45) is 4.25. The van der Waals surface area contributed by atoms with Gasteiger partial charge in [0.25, 0.3) is 5.69 Å². The van der Waals surface area contributed by atoms with Gasteiger partial charge < -0.3 is 9.74 Å². The lowest BCUT2D eigenvalue weighted by Crippen LogP contribution is -2.41. The van der Waals surface area contributed by atoms with E-state index < -0.39 is 4.92 Å². The van der Waals surface area contributed by atoms with Crippen LogP contribution in [0.2, 0.25) is 0 Å². The van der Waals surface area contributed by atoms with Crippen LogP contribution in [0.25, 0.3) is 0 Å². The molecular formula is C13H17N3O4. The van der Waals surface area contributed by atoms with Gasteiger partial charge in [-0.25, -0.2) is 4.79 Å². The molecule has 1 saturated heterocycles. The Balaban J connectivity index is 1.89. The molecule has 0 radical (unpaired) electrons. The van der Waals surface area contributed by atoms with Gasteiger partial charge in [0.15, 0.2) is 5.75 Å². The molecule has 7 heteroatoms. The van der Waals surface area contributed by atoms with Crippen LogP contribution < -0.4 is 10.3 Å². The van der Waals surface area contributed by atoms with Crippen molar-refractivity contribution in [2.75, 3.05) is 13.1 Å². The van der Waals surface area contributed by atoms with Gasteiger partial charge in [-0.1, -0.05) is 18.9 Å². The van der Waals surface area contributed by atoms with Crippen molar-refractivity contribution < 1.29 is 14.6 Å². The van der Waals surface area contributed by atoms with Crippen LogP contribution in [-0.2, 0) is 0 Å². The maximum atomic E-state index is 11.9. The first-order chi connectivity index (χ1) is 9.66. The molecule has 0 unspecified atom stereocenters. The van der Waals surface area contributed by atoms with Crippen LogP contribution in [0.15, 0.2) is 24.3 Å². The number of likely N-dealkylation sites (tertiary alicyclic amines) is 1. The normalized spacial score (nSPS) is 15.3. The summed E-state index contributed by atoms with van der Waals surface area (Å²) in [5.74, 6) is 0.238. The highest BCUT2D eigenvalue weighted by atomic mass is 16.7. The summed E-state index contributed by atoms with van der Waals surface area (Å²) in [4.78, 5) is 28.8. The number of urea groups is 1. The summed E-state index contributed by atoms with van der Waals surface area (Å²) in [5, 5.41) is 10.6. The first kappa shape index (κ1) is 14.1. The quantitative estimate of drug-likeness (QED) is 0.680. The van der Waals surface area contributed by atoms with Crippen molar-refractivity contribution in [3.8, 4) is 5.75 Å². The maximum absolute atomic E-state index is 11.9. The van der Waals surface area contributed by atoms with Crippen LogP contribution in [0.3, 0.4) is 0 Å². The van der Waals surface area contributed by atoms with Crippen LogP contribution in [0.1, 0.15) is 25.7 Å². The number of carbonyl (C=O) groups is 1. The largest absolute Gasteiger partial charge is 0.378 e. The van der Waals surface area contributed by atoms with Crippen molar-refractivity contribution in [2.24, 2.45) is 0 Å². The number of non-ortho nitro benzene ring substituents is 1. The topological polar surface area (TPSA) is 84.7 Å². The highest BCUT2D eigenvalue weighted by Gasteiger charge is 2.16. The Kier molecular flexibility index (Phi) is 4.75. The molecule has 108 valence electrons. The highest BCUT2D eigenvalue weighted by Crippen LogP contribution is 2.18. The number of nitro benzene ring substituents is 1. The fraction of sp³-hybridized carbons (Fsp3) is 0.462. The van der Waals surface area contributed by atoms with Crippen molar-refractivity contribution >= 4 is 11.7 Å². The Morgan fingerprint density at radius 3 is 2.60 bits per heavy atom. The second-order valence-electron chi connectivity index (χ2n) is 4.67. The van der Waals surface area contributed by atoms with Crippen LogP contribution in [0.5, 0.6) is 5.75 Å². The van der Waals surface area contributed by atoms with E-state index >= 15 is 0 Å². The van der Waals surface area contributed by atoms with Gasteiger partial charge >= 0.3 is 6.03 Å². The van der Waals surface area contributed by atoms with E-state index in [-0.39, 0.29) is 17.5 Å². The zero-order valence-corrected chi connectivity index (χ0v) is 11.1. The highest BCUT2D eigenvalue weighted by molar-refractivity contribution is 5.73. The zero-order valence-electron chi connectivity index (χ0n) is 11.1. The van der Waals surface area contributed by atoms with E-state index in [0.29, 0.717) is 13.1 Å². The van der Waals surface area contributed by atoms with Crippen LogP contribution >= 0.6 is 0 Å². The van der Waals surface area contributed by atoms with Gasteiger partial charge in [0.2, 0.25) is 0 Å². The monoisotopic (exact) mass is 279 g/mol. The molecule has 1 N–H and O–H groups in total. The molecule has 0 atom stereocenters. The first-order valence-corrected chi connectivity index (χ1v) is 6.63. The number of amides is 2. The van der Waals surface area contributed by atoms with Gasteiger partial charge in [-0.2, -0.15) is 5.48 Å².